The van der Waals surface area contributed by atoms with Gasteiger partial charge in [0.15, 0.2) is 0 Å². The fraction of sp³-hybridized carbons (Fsp3) is 0.429. The van der Waals surface area contributed by atoms with E-state index in [1.807, 2.05) is 32.0 Å². The second-order valence-corrected chi connectivity index (χ2v) is 8.50. The number of hydrogen-bond acceptors (Lipinski definition) is 5. The number of carbonyl (C=O) groups excluding carboxylic acids is 2. The molecule has 0 bridgehead atoms. The van der Waals surface area contributed by atoms with E-state index in [2.05, 4.69) is 27.3 Å². The fourth-order valence-corrected chi connectivity index (χ4v) is 4.81. The van der Waals surface area contributed by atoms with Crippen molar-refractivity contribution in [3.63, 3.8) is 0 Å². The van der Waals surface area contributed by atoms with Gasteiger partial charge in [0.2, 0.25) is 5.91 Å². The minimum Gasteiger partial charge on any atom is -0.296 e. The summed E-state index contributed by atoms with van der Waals surface area (Å²) in [5.41, 5.74) is 2.83. The maximum atomic E-state index is 13.0. The van der Waals surface area contributed by atoms with Crippen molar-refractivity contribution in [3.8, 4) is 0 Å². The van der Waals surface area contributed by atoms with E-state index >= 15 is 0 Å². The molecule has 1 aromatic heterocycles. The van der Waals surface area contributed by atoms with Gasteiger partial charge >= 0.3 is 0 Å². The van der Waals surface area contributed by atoms with Crippen LogP contribution < -0.4 is 4.90 Å². The Morgan fingerprint density at radius 1 is 1.07 bits per heavy atom. The van der Waals surface area contributed by atoms with E-state index < -0.39 is 0 Å². The molecule has 3 heterocycles. The first-order chi connectivity index (χ1) is 13.0. The number of aryl methyl sites for hydroxylation is 2. The van der Waals surface area contributed by atoms with Gasteiger partial charge in [0, 0.05) is 37.6 Å². The average Bonchev–Trinajstić information content (AvgIpc) is 3.25. The molecule has 2 fully saturated rings. The standard InChI is InChI=1S/C21H25N3O2S/c1-15-5-6-18(16(2)12-15)24-20(25)13-19(21(24)26)23-9-7-22(8-10-23)14-17-4-3-11-27-17/h3-6,11-12,19H,7-10,13-14H2,1-2H3. The number of nitrogens with zero attached hydrogens (tertiary/aromatic N) is 3. The second kappa shape index (κ2) is 7.54. The Morgan fingerprint density at radius 2 is 1.85 bits per heavy atom. The number of amides is 2. The van der Waals surface area contributed by atoms with Crippen molar-refractivity contribution in [1.29, 1.82) is 0 Å². The summed E-state index contributed by atoms with van der Waals surface area (Å²) in [6.07, 6.45) is 0.289. The molecule has 2 aliphatic heterocycles. The number of carbonyl (C=O) groups is 2. The lowest BCUT2D eigenvalue weighted by Crippen LogP contribution is -2.52. The molecule has 4 rings (SSSR count). The maximum Gasteiger partial charge on any atom is 0.251 e. The van der Waals surface area contributed by atoms with Crippen molar-refractivity contribution < 1.29 is 9.59 Å². The van der Waals surface area contributed by atoms with Crippen molar-refractivity contribution in [2.45, 2.75) is 32.9 Å². The molecule has 2 saturated heterocycles. The van der Waals surface area contributed by atoms with Gasteiger partial charge in [-0.1, -0.05) is 23.8 Å². The Morgan fingerprint density at radius 3 is 2.52 bits per heavy atom. The predicted octanol–water partition coefficient (Wildman–Crippen LogP) is 2.81. The smallest absolute Gasteiger partial charge is 0.251 e. The van der Waals surface area contributed by atoms with Crippen LogP contribution in [0.2, 0.25) is 0 Å². The monoisotopic (exact) mass is 383 g/mol. The van der Waals surface area contributed by atoms with Crippen LogP contribution in [-0.2, 0) is 16.1 Å². The third-order valence-electron chi connectivity index (χ3n) is 5.52. The molecular weight excluding hydrogens is 358 g/mol. The predicted molar refractivity (Wildman–Crippen MR) is 108 cm³/mol. The van der Waals surface area contributed by atoms with E-state index in [0.717, 1.165) is 49.5 Å². The molecule has 0 aliphatic carbocycles. The zero-order valence-corrected chi connectivity index (χ0v) is 16.7. The zero-order valence-electron chi connectivity index (χ0n) is 15.9. The molecule has 0 N–H and O–H groups in total. The molecule has 5 nitrogen and oxygen atoms in total. The fourth-order valence-electron chi connectivity index (χ4n) is 4.07. The van der Waals surface area contributed by atoms with Crippen molar-refractivity contribution in [1.82, 2.24) is 9.80 Å². The minimum absolute atomic E-state index is 0.0707. The third-order valence-corrected chi connectivity index (χ3v) is 6.38. The van der Waals surface area contributed by atoms with E-state index in [0.29, 0.717) is 0 Å². The molecule has 142 valence electrons. The van der Waals surface area contributed by atoms with E-state index in [4.69, 9.17) is 0 Å². The highest BCUT2D eigenvalue weighted by Gasteiger charge is 2.43. The molecule has 0 saturated carbocycles. The Kier molecular flexibility index (Phi) is 5.12. The van der Waals surface area contributed by atoms with Crippen LogP contribution in [0, 0.1) is 13.8 Å². The summed E-state index contributed by atoms with van der Waals surface area (Å²) in [7, 11) is 0. The van der Waals surface area contributed by atoms with Crippen LogP contribution in [0.25, 0.3) is 0 Å². The Balaban J connectivity index is 1.42. The first-order valence-corrected chi connectivity index (χ1v) is 10.3. The summed E-state index contributed by atoms with van der Waals surface area (Å²) < 4.78 is 0. The highest BCUT2D eigenvalue weighted by atomic mass is 32.1. The normalized spacial score (nSPS) is 22.0. The van der Waals surface area contributed by atoms with Crippen LogP contribution in [-0.4, -0.2) is 53.8 Å². The molecule has 6 heteroatoms. The van der Waals surface area contributed by atoms with Gasteiger partial charge in [-0.2, -0.15) is 0 Å². The first-order valence-electron chi connectivity index (χ1n) is 9.46. The first kappa shape index (κ1) is 18.3. The van der Waals surface area contributed by atoms with Gasteiger partial charge in [-0.05, 0) is 36.9 Å². The topological polar surface area (TPSA) is 43.9 Å². The quantitative estimate of drug-likeness (QED) is 0.762. The highest BCUT2D eigenvalue weighted by molar-refractivity contribution is 7.09. The number of piperazine rings is 1. The molecule has 2 aliphatic rings. The Bertz CT molecular complexity index is 841. The van der Waals surface area contributed by atoms with Crippen molar-refractivity contribution >= 4 is 28.8 Å². The van der Waals surface area contributed by atoms with Gasteiger partial charge in [0.1, 0.15) is 0 Å². The Labute approximate surface area is 164 Å². The van der Waals surface area contributed by atoms with E-state index in [1.165, 1.54) is 9.78 Å². The van der Waals surface area contributed by atoms with Crippen LogP contribution in [0.15, 0.2) is 35.7 Å². The molecule has 2 aromatic rings. The van der Waals surface area contributed by atoms with E-state index in [9.17, 15) is 9.59 Å². The van der Waals surface area contributed by atoms with Gasteiger partial charge in [-0.25, -0.2) is 4.90 Å². The van der Waals surface area contributed by atoms with Crippen LogP contribution in [0.5, 0.6) is 0 Å². The molecule has 0 spiro atoms. The van der Waals surface area contributed by atoms with E-state index in [1.54, 1.807) is 11.3 Å². The number of rotatable bonds is 4. The molecule has 1 unspecified atom stereocenters. The maximum absolute atomic E-state index is 13.0. The van der Waals surface area contributed by atoms with Crippen molar-refractivity contribution in [2.75, 3.05) is 31.1 Å². The SMILES string of the molecule is Cc1ccc(N2C(=O)CC(N3CCN(Cc4cccs4)CC3)C2=O)c(C)c1. The van der Waals surface area contributed by atoms with Crippen LogP contribution in [0.4, 0.5) is 5.69 Å². The number of thiophene rings is 1. The number of anilines is 1. The number of hydrogen-bond donors (Lipinski definition) is 0. The molecule has 1 aromatic carbocycles. The van der Waals surface area contributed by atoms with Crippen LogP contribution in [0.1, 0.15) is 22.4 Å². The average molecular weight is 384 g/mol. The van der Waals surface area contributed by atoms with Gasteiger partial charge < -0.3 is 0 Å². The van der Waals surface area contributed by atoms with Crippen molar-refractivity contribution in [2.24, 2.45) is 0 Å². The lowest BCUT2D eigenvalue weighted by Gasteiger charge is -2.36. The summed E-state index contributed by atoms with van der Waals surface area (Å²) in [6, 6.07) is 9.80. The lowest BCUT2D eigenvalue weighted by molar-refractivity contribution is -0.123. The van der Waals surface area contributed by atoms with Gasteiger partial charge in [-0.15, -0.1) is 11.3 Å². The molecule has 0 radical (unpaired) electrons. The van der Waals surface area contributed by atoms with E-state index in [-0.39, 0.29) is 24.3 Å². The zero-order chi connectivity index (χ0) is 19.0. The summed E-state index contributed by atoms with van der Waals surface area (Å²) in [4.78, 5) is 33.0. The summed E-state index contributed by atoms with van der Waals surface area (Å²) in [5.74, 6) is -0.156. The van der Waals surface area contributed by atoms with Crippen LogP contribution >= 0.6 is 11.3 Å². The molecule has 2 amide bonds. The third kappa shape index (κ3) is 3.70. The second-order valence-electron chi connectivity index (χ2n) is 7.47. The van der Waals surface area contributed by atoms with Gasteiger partial charge in [-0.3, -0.25) is 19.4 Å². The number of imide groups is 1. The minimum atomic E-state index is -0.318. The largest absolute Gasteiger partial charge is 0.296 e. The van der Waals surface area contributed by atoms with Gasteiger partial charge in [0.25, 0.3) is 5.91 Å². The highest BCUT2D eigenvalue weighted by Crippen LogP contribution is 2.29. The summed E-state index contributed by atoms with van der Waals surface area (Å²) >= 11 is 1.78. The van der Waals surface area contributed by atoms with Crippen LogP contribution in [0.3, 0.4) is 0 Å². The molecule has 1 atom stereocenters. The molecular formula is C21H25N3O2S. The van der Waals surface area contributed by atoms with Crippen molar-refractivity contribution in [3.05, 3.63) is 51.7 Å². The summed E-state index contributed by atoms with van der Waals surface area (Å²) in [6.45, 7) is 8.46. The number of benzene rings is 1. The van der Waals surface area contributed by atoms with Gasteiger partial charge in [0.05, 0.1) is 18.2 Å². The summed E-state index contributed by atoms with van der Waals surface area (Å²) in [5, 5.41) is 2.11. The lowest BCUT2D eigenvalue weighted by atomic mass is 10.1. The Hall–Kier alpha value is -2.02. The molecule has 27 heavy (non-hydrogen) atoms.